The van der Waals surface area contributed by atoms with E-state index in [0.29, 0.717) is 5.82 Å². The predicted octanol–water partition coefficient (Wildman–Crippen LogP) is 3.29. The number of rotatable bonds is 7. The molecule has 7 nitrogen and oxygen atoms in total. The van der Waals surface area contributed by atoms with Gasteiger partial charge in [0.2, 0.25) is 5.82 Å². The van der Waals surface area contributed by atoms with Crippen molar-refractivity contribution in [3.63, 3.8) is 0 Å². The number of thiophene rings is 1. The van der Waals surface area contributed by atoms with Gasteiger partial charge in [0.25, 0.3) is 11.8 Å². The Morgan fingerprint density at radius 1 is 0.903 bits per heavy atom. The van der Waals surface area contributed by atoms with Crippen LogP contribution >= 0.6 is 11.3 Å². The molecule has 0 aliphatic carbocycles. The van der Waals surface area contributed by atoms with E-state index in [4.69, 9.17) is 0 Å². The van der Waals surface area contributed by atoms with E-state index in [1.165, 1.54) is 29.5 Å². The van der Waals surface area contributed by atoms with Crippen LogP contribution in [0.2, 0.25) is 0 Å². The molecule has 0 bridgehead atoms. The molecule has 0 unspecified atom stereocenters. The lowest BCUT2D eigenvalue weighted by Gasteiger charge is -2.06. The third-order valence-electron chi connectivity index (χ3n) is 4.37. The number of aromatic nitrogens is 3. The summed E-state index contributed by atoms with van der Waals surface area (Å²) in [6.45, 7) is 0.281. The second-order valence-electron chi connectivity index (χ2n) is 6.48. The van der Waals surface area contributed by atoms with Gasteiger partial charge in [0, 0.05) is 13.1 Å². The van der Waals surface area contributed by atoms with E-state index in [-0.39, 0.29) is 24.5 Å². The van der Waals surface area contributed by atoms with E-state index < -0.39 is 17.6 Å². The first-order valence-corrected chi connectivity index (χ1v) is 10.4. The fraction of sp³-hybridized carbons (Fsp3) is 0.0909. The van der Waals surface area contributed by atoms with Crippen LogP contribution in [0.1, 0.15) is 21.0 Å². The molecule has 4 rings (SSSR count). The molecule has 0 aliphatic rings. The highest BCUT2D eigenvalue weighted by atomic mass is 32.1. The Morgan fingerprint density at radius 3 is 2.32 bits per heavy atom. The Hall–Kier alpha value is -3.85. The van der Waals surface area contributed by atoms with E-state index in [9.17, 15) is 14.0 Å². The minimum atomic E-state index is -0.596. The maximum atomic E-state index is 13.6. The molecule has 0 saturated carbocycles. The van der Waals surface area contributed by atoms with Gasteiger partial charge in [-0.15, -0.1) is 16.4 Å². The number of carbonyl (C=O) groups excluding carboxylic acids is 2. The number of nitrogens with zero attached hydrogens (tertiary/aromatic N) is 3. The Kier molecular flexibility index (Phi) is 6.13. The Labute approximate surface area is 181 Å². The maximum Gasteiger partial charge on any atom is 0.291 e. The summed E-state index contributed by atoms with van der Waals surface area (Å²) in [7, 11) is 0. The van der Waals surface area contributed by atoms with Gasteiger partial charge in [-0.05, 0) is 35.7 Å². The fourth-order valence-corrected chi connectivity index (χ4v) is 3.59. The minimum absolute atomic E-state index is 0.0210. The van der Waals surface area contributed by atoms with E-state index in [2.05, 4.69) is 20.7 Å². The van der Waals surface area contributed by atoms with Crippen LogP contribution in [0.15, 0.2) is 72.1 Å². The summed E-state index contributed by atoms with van der Waals surface area (Å²) >= 11 is 1.50. The standard InChI is InChI=1S/C22H18FN5O2S/c23-17-10-5-4-9-16(17)21(29)24-12-13-25-22(30)19-26-20(18-11-6-14-31-18)28(27-19)15-7-2-1-3-8-15/h1-11,14H,12-13H2,(H,24,29)(H,25,30). The summed E-state index contributed by atoms with van der Waals surface area (Å²) in [6, 6.07) is 19.0. The molecular weight excluding hydrogens is 417 g/mol. The van der Waals surface area contributed by atoms with Gasteiger partial charge in [-0.25, -0.2) is 14.1 Å². The quantitative estimate of drug-likeness (QED) is 0.436. The van der Waals surface area contributed by atoms with Crippen molar-refractivity contribution < 1.29 is 14.0 Å². The SMILES string of the molecule is O=C(NCCNC(=O)c1ccccc1F)c1nc(-c2cccs2)n(-c2ccccc2)n1. The summed E-state index contributed by atoms with van der Waals surface area (Å²) in [5, 5.41) is 11.5. The van der Waals surface area contributed by atoms with Crippen molar-refractivity contribution in [3.05, 3.63) is 89.3 Å². The Morgan fingerprint density at radius 2 is 1.61 bits per heavy atom. The summed E-state index contributed by atoms with van der Waals surface area (Å²) in [5.41, 5.74) is 0.743. The zero-order valence-electron chi connectivity index (χ0n) is 16.3. The van der Waals surface area contributed by atoms with Gasteiger partial charge in [0.05, 0.1) is 16.1 Å². The number of halogens is 1. The van der Waals surface area contributed by atoms with Gasteiger partial charge in [-0.2, -0.15) is 0 Å². The Balaban J connectivity index is 1.42. The van der Waals surface area contributed by atoms with Crippen LogP contribution in [-0.2, 0) is 0 Å². The first-order valence-electron chi connectivity index (χ1n) is 9.51. The van der Waals surface area contributed by atoms with Crippen molar-refractivity contribution in [2.75, 3.05) is 13.1 Å². The van der Waals surface area contributed by atoms with Crippen molar-refractivity contribution in [2.45, 2.75) is 0 Å². The van der Waals surface area contributed by atoms with Gasteiger partial charge in [0.15, 0.2) is 5.82 Å². The monoisotopic (exact) mass is 435 g/mol. The molecule has 0 aliphatic heterocycles. The largest absolute Gasteiger partial charge is 0.350 e. The predicted molar refractivity (Wildman–Crippen MR) is 116 cm³/mol. The number of amides is 2. The molecule has 2 heterocycles. The summed E-state index contributed by atoms with van der Waals surface area (Å²) < 4.78 is 15.3. The van der Waals surface area contributed by atoms with Gasteiger partial charge in [-0.1, -0.05) is 36.4 Å². The van der Waals surface area contributed by atoms with Crippen LogP contribution < -0.4 is 10.6 Å². The van der Waals surface area contributed by atoms with Crippen molar-refractivity contribution in [1.29, 1.82) is 0 Å². The maximum absolute atomic E-state index is 13.6. The van der Waals surface area contributed by atoms with Crippen LogP contribution in [0.4, 0.5) is 4.39 Å². The molecule has 4 aromatic rings. The summed E-state index contributed by atoms with van der Waals surface area (Å²) in [6.07, 6.45) is 0. The molecule has 0 saturated heterocycles. The van der Waals surface area contributed by atoms with Crippen molar-refractivity contribution in [3.8, 4) is 16.4 Å². The number of hydrogen-bond acceptors (Lipinski definition) is 5. The van der Waals surface area contributed by atoms with E-state index in [1.54, 1.807) is 10.7 Å². The first kappa shape index (κ1) is 20.4. The zero-order valence-corrected chi connectivity index (χ0v) is 17.1. The van der Waals surface area contributed by atoms with Crippen LogP contribution in [0, 0.1) is 5.82 Å². The van der Waals surface area contributed by atoms with E-state index in [0.717, 1.165) is 10.6 Å². The first-order chi connectivity index (χ1) is 15.1. The number of benzene rings is 2. The van der Waals surface area contributed by atoms with Crippen LogP contribution in [0.3, 0.4) is 0 Å². The lowest BCUT2D eigenvalue weighted by atomic mass is 10.2. The topological polar surface area (TPSA) is 88.9 Å². The molecule has 2 aromatic heterocycles. The zero-order chi connectivity index (χ0) is 21.6. The van der Waals surface area contributed by atoms with E-state index >= 15 is 0 Å². The van der Waals surface area contributed by atoms with Gasteiger partial charge >= 0.3 is 0 Å². The lowest BCUT2D eigenvalue weighted by Crippen LogP contribution is -2.35. The molecule has 31 heavy (non-hydrogen) atoms. The molecule has 0 radical (unpaired) electrons. The molecular formula is C22H18FN5O2S. The fourth-order valence-electron chi connectivity index (χ4n) is 2.89. The number of nitrogens with one attached hydrogen (secondary N) is 2. The average Bonchev–Trinajstić information content (AvgIpc) is 3.47. The third kappa shape index (κ3) is 4.67. The second-order valence-corrected chi connectivity index (χ2v) is 7.42. The van der Waals surface area contributed by atoms with Gasteiger partial charge < -0.3 is 10.6 Å². The van der Waals surface area contributed by atoms with Crippen LogP contribution in [-0.4, -0.2) is 39.7 Å². The highest BCUT2D eigenvalue weighted by molar-refractivity contribution is 7.13. The second kappa shape index (κ2) is 9.31. The molecule has 0 fully saturated rings. The number of carbonyl (C=O) groups is 2. The molecule has 2 aromatic carbocycles. The smallest absolute Gasteiger partial charge is 0.291 e. The molecule has 156 valence electrons. The van der Waals surface area contributed by atoms with Crippen molar-refractivity contribution in [2.24, 2.45) is 0 Å². The molecule has 9 heteroatoms. The van der Waals surface area contributed by atoms with Crippen LogP contribution in [0.5, 0.6) is 0 Å². The van der Waals surface area contributed by atoms with Crippen molar-refractivity contribution >= 4 is 23.2 Å². The molecule has 2 amide bonds. The lowest BCUT2D eigenvalue weighted by molar-refractivity contribution is 0.0920. The highest BCUT2D eigenvalue weighted by Gasteiger charge is 2.19. The normalized spacial score (nSPS) is 10.6. The van der Waals surface area contributed by atoms with Gasteiger partial charge in [-0.3, -0.25) is 9.59 Å². The Bertz CT molecular complexity index is 1190. The highest BCUT2D eigenvalue weighted by Crippen LogP contribution is 2.25. The third-order valence-corrected chi connectivity index (χ3v) is 5.23. The molecule has 2 N–H and O–H groups in total. The number of para-hydroxylation sites is 1. The van der Waals surface area contributed by atoms with Gasteiger partial charge in [0.1, 0.15) is 5.82 Å². The minimum Gasteiger partial charge on any atom is -0.350 e. The summed E-state index contributed by atoms with van der Waals surface area (Å²) in [4.78, 5) is 29.9. The summed E-state index contributed by atoms with van der Waals surface area (Å²) in [5.74, 6) is -1.01. The van der Waals surface area contributed by atoms with Crippen molar-refractivity contribution in [1.82, 2.24) is 25.4 Å². The average molecular weight is 435 g/mol. The molecule has 0 spiro atoms. The van der Waals surface area contributed by atoms with Crippen LogP contribution in [0.25, 0.3) is 16.4 Å². The number of hydrogen-bond donors (Lipinski definition) is 2. The molecule has 0 atom stereocenters. The van der Waals surface area contributed by atoms with E-state index in [1.807, 2.05) is 47.8 Å².